The molecule has 2 N–H and O–H groups in total. The van der Waals surface area contributed by atoms with Crippen LogP contribution >= 0.6 is 27.5 Å². The molecule has 0 aromatic carbocycles. The van der Waals surface area contributed by atoms with Gasteiger partial charge in [0, 0.05) is 12.1 Å². The fraction of sp³-hybridized carbons (Fsp3) is 0.600. The van der Waals surface area contributed by atoms with E-state index in [0.717, 1.165) is 11.1 Å². The summed E-state index contributed by atoms with van der Waals surface area (Å²) in [5, 5.41) is 14.1. The van der Waals surface area contributed by atoms with Crippen molar-refractivity contribution in [1.29, 1.82) is 0 Å². The van der Waals surface area contributed by atoms with E-state index >= 15 is 0 Å². The molecule has 8 nitrogen and oxygen atoms in total. The van der Waals surface area contributed by atoms with Gasteiger partial charge in [-0.05, 0) is 51.9 Å². The zero-order chi connectivity index (χ0) is 21.6. The average Bonchev–Trinajstić information content (AvgIpc) is 3.12. The van der Waals surface area contributed by atoms with Gasteiger partial charge >= 0.3 is 0 Å². The number of hydrogen-bond donors (Lipinski definition) is 2. The molecule has 0 unspecified atom stereocenters. The van der Waals surface area contributed by atoms with Crippen molar-refractivity contribution in [2.45, 2.75) is 52.7 Å². The van der Waals surface area contributed by atoms with Gasteiger partial charge in [0.05, 0.1) is 18.4 Å². The number of nitrogens with one attached hydrogen (secondary N) is 2. The maximum Gasteiger partial charge on any atom is 0.283 e. The molecule has 10 heteroatoms. The van der Waals surface area contributed by atoms with E-state index in [1.54, 1.807) is 6.20 Å². The van der Waals surface area contributed by atoms with Gasteiger partial charge in [0.1, 0.15) is 11.0 Å². The SMILES string of the molecule is C[C@@H]1[C@H]2C[C@@H](C[C@H]1Nc1cnn(CC(=O)NCc3cc(Cl)no3)c(=O)c1Br)C2(C)C. The number of carbonyl (C=O) groups is 1. The molecule has 0 spiro atoms. The van der Waals surface area contributed by atoms with Crippen molar-refractivity contribution in [3.63, 3.8) is 0 Å². The number of hydrogen-bond acceptors (Lipinski definition) is 6. The smallest absolute Gasteiger partial charge is 0.283 e. The molecule has 0 aliphatic heterocycles. The van der Waals surface area contributed by atoms with E-state index in [2.05, 4.69) is 57.6 Å². The molecule has 3 fully saturated rings. The van der Waals surface area contributed by atoms with Crippen molar-refractivity contribution in [2.24, 2.45) is 23.2 Å². The quantitative estimate of drug-likeness (QED) is 0.632. The van der Waals surface area contributed by atoms with Crippen molar-refractivity contribution in [2.75, 3.05) is 5.32 Å². The molecule has 3 aliphatic carbocycles. The van der Waals surface area contributed by atoms with Gasteiger partial charge in [0.15, 0.2) is 10.9 Å². The van der Waals surface area contributed by atoms with Crippen LogP contribution in [-0.4, -0.2) is 26.9 Å². The van der Waals surface area contributed by atoms with Crippen LogP contribution in [0.5, 0.6) is 0 Å². The van der Waals surface area contributed by atoms with Crippen LogP contribution in [0.15, 0.2) is 26.1 Å². The predicted octanol–water partition coefficient (Wildman–Crippen LogP) is 3.45. The number of rotatable bonds is 6. The highest BCUT2D eigenvalue weighted by atomic mass is 79.9. The van der Waals surface area contributed by atoms with Gasteiger partial charge < -0.3 is 15.2 Å². The van der Waals surface area contributed by atoms with Crippen LogP contribution in [0, 0.1) is 23.2 Å². The van der Waals surface area contributed by atoms with Gasteiger partial charge in [0.25, 0.3) is 5.56 Å². The second-order valence-corrected chi connectivity index (χ2v) is 10.1. The first-order chi connectivity index (χ1) is 14.2. The molecule has 3 aliphatic rings. The molecule has 4 atom stereocenters. The molecule has 2 heterocycles. The summed E-state index contributed by atoms with van der Waals surface area (Å²) in [5.41, 5.74) is 0.719. The Bertz CT molecular complexity index is 1020. The third kappa shape index (κ3) is 3.89. The van der Waals surface area contributed by atoms with Gasteiger partial charge in [-0.15, -0.1) is 0 Å². The van der Waals surface area contributed by atoms with E-state index < -0.39 is 0 Å². The summed E-state index contributed by atoms with van der Waals surface area (Å²) in [7, 11) is 0. The largest absolute Gasteiger partial charge is 0.380 e. The number of anilines is 1. The summed E-state index contributed by atoms with van der Waals surface area (Å²) < 4.78 is 6.45. The van der Waals surface area contributed by atoms with Crippen molar-refractivity contribution >= 4 is 39.1 Å². The average molecular weight is 499 g/mol. The van der Waals surface area contributed by atoms with Crippen LogP contribution in [0.1, 0.15) is 39.4 Å². The Kier molecular flexibility index (Phi) is 5.69. The molecule has 2 bridgehead atoms. The summed E-state index contributed by atoms with van der Waals surface area (Å²) in [6.45, 7) is 6.94. The van der Waals surface area contributed by atoms with Crippen LogP contribution in [-0.2, 0) is 17.9 Å². The highest BCUT2D eigenvalue weighted by molar-refractivity contribution is 9.10. The minimum absolute atomic E-state index is 0.131. The van der Waals surface area contributed by atoms with Gasteiger partial charge in [-0.1, -0.05) is 37.5 Å². The fourth-order valence-electron chi connectivity index (χ4n) is 4.97. The predicted molar refractivity (Wildman–Crippen MR) is 116 cm³/mol. The van der Waals surface area contributed by atoms with Crippen molar-refractivity contribution in [3.8, 4) is 0 Å². The monoisotopic (exact) mass is 497 g/mol. The van der Waals surface area contributed by atoms with Gasteiger partial charge in [-0.2, -0.15) is 5.10 Å². The lowest BCUT2D eigenvalue weighted by atomic mass is 9.45. The number of fused-ring (bicyclic) bond motifs is 2. The molecule has 2 aromatic rings. The molecular weight excluding hydrogens is 474 g/mol. The molecule has 0 saturated heterocycles. The fourth-order valence-corrected chi connectivity index (χ4v) is 5.54. The lowest BCUT2D eigenvalue weighted by molar-refractivity contribution is -0.122. The molecular formula is C20H25BrClN5O3. The third-order valence-corrected chi connectivity index (χ3v) is 7.91. The Morgan fingerprint density at radius 3 is 2.83 bits per heavy atom. The van der Waals surface area contributed by atoms with E-state index in [-0.39, 0.29) is 29.7 Å². The topological polar surface area (TPSA) is 102 Å². The first kappa shape index (κ1) is 21.4. The number of halogens is 2. The third-order valence-electron chi connectivity index (χ3n) is 6.96. The van der Waals surface area contributed by atoms with E-state index in [1.165, 1.54) is 12.5 Å². The summed E-state index contributed by atoms with van der Waals surface area (Å²) in [4.78, 5) is 24.9. The summed E-state index contributed by atoms with van der Waals surface area (Å²) in [5.74, 6) is 2.00. The van der Waals surface area contributed by atoms with Crippen molar-refractivity contribution in [3.05, 3.63) is 38.0 Å². The number of carbonyl (C=O) groups excluding carboxylic acids is 1. The van der Waals surface area contributed by atoms with Crippen LogP contribution in [0.4, 0.5) is 5.69 Å². The van der Waals surface area contributed by atoms with Crippen LogP contribution in [0.3, 0.4) is 0 Å². The molecule has 0 radical (unpaired) electrons. The van der Waals surface area contributed by atoms with Gasteiger partial charge in [-0.3, -0.25) is 9.59 Å². The van der Waals surface area contributed by atoms with Crippen LogP contribution in [0.25, 0.3) is 0 Å². The Labute approximate surface area is 187 Å². The summed E-state index contributed by atoms with van der Waals surface area (Å²) >= 11 is 9.07. The van der Waals surface area contributed by atoms with Crippen molar-refractivity contribution < 1.29 is 9.32 Å². The maximum atomic E-state index is 12.7. The highest BCUT2D eigenvalue weighted by Crippen LogP contribution is 2.61. The molecule has 2 aromatic heterocycles. The lowest BCUT2D eigenvalue weighted by Gasteiger charge is -2.62. The zero-order valence-corrected chi connectivity index (χ0v) is 19.5. The summed E-state index contributed by atoms with van der Waals surface area (Å²) in [6.07, 6.45) is 3.99. The molecule has 162 valence electrons. The molecule has 5 rings (SSSR count). The Balaban J connectivity index is 1.39. The van der Waals surface area contributed by atoms with Crippen molar-refractivity contribution in [1.82, 2.24) is 20.3 Å². The van der Waals surface area contributed by atoms with Gasteiger partial charge in [0.2, 0.25) is 5.91 Å². The maximum absolute atomic E-state index is 12.7. The minimum atomic E-state index is -0.368. The van der Waals surface area contributed by atoms with E-state index in [4.69, 9.17) is 16.1 Å². The minimum Gasteiger partial charge on any atom is -0.380 e. The van der Waals surface area contributed by atoms with E-state index in [9.17, 15) is 9.59 Å². The second kappa shape index (κ2) is 8.00. The first-order valence-electron chi connectivity index (χ1n) is 10.1. The van der Waals surface area contributed by atoms with Crippen LogP contribution in [0.2, 0.25) is 5.15 Å². The van der Waals surface area contributed by atoms with E-state index in [0.29, 0.717) is 45.1 Å². The number of aromatic nitrogens is 3. The first-order valence-corrected chi connectivity index (χ1v) is 11.2. The molecule has 30 heavy (non-hydrogen) atoms. The second-order valence-electron chi connectivity index (χ2n) is 8.93. The Morgan fingerprint density at radius 1 is 1.43 bits per heavy atom. The number of amides is 1. The standard InChI is InChI=1S/C20H25BrClN5O3/c1-10-13-4-11(20(13,2)3)5-14(10)25-15-8-24-27(19(29)18(15)21)9-17(28)23-7-12-6-16(22)26-30-12/h6,8,10-11,13-14,25H,4-5,7,9H2,1-3H3,(H,23,28)/t10-,11+,13-,14-/m1/s1. The normalized spacial score (nSPS) is 26.7. The Hall–Kier alpha value is -1.87. The Morgan fingerprint density at radius 2 is 2.20 bits per heavy atom. The zero-order valence-electron chi connectivity index (χ0n) is 17.1. The summed E-state index contributed by atoms with van der Waals surface area (Å²) in [6, 6.07) is 1.83. The lowest BCUT2D eigenvalue weighted by Crippen LogP contribution is -2.58. The highest BCUT2D eigenvalue weighted by Gasteiger charge is 2.56. The van der Waals surface area contributed by atoms with E-state index in [1.807, 2.05) is 0 Å². The van der Waals surface area contributed by atoms with Crippen LogP contribution < -0.4 is 16.2 Å². The van der Waals surface area contributed by atoms with Gasteiger partial charge in [-0.25, -0.2) is 4.68 Å². The molecule has 3 saturated carbocycles. The number of nitrogens with zero attached hydrogens (tertiary/aromatic N) is 3. The molecule has 1 amide bonds.